The average Bonchev–Trinajstić information content (AvgIpc) is 2.21. The molecule has 0 aliphatic rings. The summed E-state index contributed by atoms with van der Waals surface area (Å²) in [6, 6.07) is 0. The lowest BCUT2D eigenvalue weighted by Crippen LogP contribution is -2.27. The third-order valence-electron chi connectivity index (χ3n) is 2.45. The van der Waals surface area contributed by atoms with E-state index >= 15 is 0 Å². The van der Waals surface area contributed by atoms with Crippen molar-refractivity contribution in [3.8, 4) is 0 Å². The minimum atomic E-state index is 0.717. The van der Waals surface area contributed by atoms with Crippen LogP contribution in [0, 0.1) is 0 Å². The second kappa shape index (κ2) is 10.7. The zero-order chi connectivity index (χ0) is 10.6. The molecule has 2 heteroatoms. The smallest absolute Gasteiger partial charge is 0.120 e. The van der Waals surface area contributed by atoms with E-state index in [4.69, 9.17) is 0 Å². The van der Waals surface area contributed by atoms with Gasteiger partial charge < -0.3 is 9.69 Å². The highest BCUT2D eigenvalue weighted by atomic mass is 16.1. The lowest BCUT2D eigenvalue weighted by atomic mass is 10.2. The van der Waals surface area contributed by atoms with Crippen molar-refractivity contribution in [2.75, 3.05) is 19.6 Å². The molecule has 0 aromatic heterocycles. The average molecular weight is 199 g/mol. The van der Waals surface area contributed by atoms with Crippen molar-refractivity contribution in [3.63, 3.8) is 0 Å². The maximum atomic E-state index is 10.2. The van der Waals surface area contributed by atoms with Gasteiger partial charge in [0.2, 0.25) is 0 Å². The Morgan fingerprint density at radius 1 is 0.929 bits per heavy atom. The maximum absolute atomic E-state index is 10.2. The molecule has 14 heavy (non-hydrogen) atoms. The van der Waals surface area contributed by atoms with E-state index in [-0.39, 0.29) is 0 Å². The first kappa shape index (κ1) is 13.6. The molecule has 0 saturated carbocycles. The molecule has 0 unspecified atom stereocenters. The highest BCUT2D eigenvalue weighted by Crippen LogP contribution is 2.01. The first-order chi connectivity index (χ1) is 6.85. The monoisotopic (exact) mass is 199 g/mol. The molecule has 0 aliphatic carbocycles. The molecular formula is C12H25NO. The minimum Gasteiger partial charge on any atom is -0.303 e. The van der Waals surface area contributed by atoms with Crippen molar-refractivity contribution in [1.82, 2.24) is 4.90 Å². The van der Waals surface area contributed by atoms with Crippen LogP contribution in [0.5, 0.6) is 0 Å². The Labute approximate surface area is 88.7 Å². The summed E-state index contributed by atoms with van der Waals surface area (Å²) in [7, 11) is 0. The molecule has 0 aliphatic heterocycles. The quantitative estimate of drug-likeness (QED) is 0.398. The molecule has 2 nitrogen and oxygen atoms in total. The number of unbranched alkanes of at least 4 members (excludes halogenated alkanes) is 3. The Hall–Kier alpha value is -0.370. The molecule has 0 rings (SSSR count). The summed E-state index contributed by atoms with van der Waals surface area (Å²) in [5.74, 6) is 0. The van der Waals surface area contributed by atoms with Gasteiger partial charge >= 0.3 is 0 Å². The Morgan fingerprint density at radius 2 is 1.43 bits per heavy atom. The van der Waals surface area contributed by atoms with Gasteiger partial charge in [-0.1, -0.05) is 26.7 Å². The van der Waals surface area contributed by atoms with Crippen molar-refractivity contribution in [1.29, 1.82) is 0 Å². The highest BCUT2D eigenvalue weighted by Gasteiger charge is 2.02. The molecular weight excluding hydrogens is 174 g/mol. The van der Waals surface area contributed by atoms with Gasteiger partial charge in [-0.05, 0) is 38.9 Å². The van der Waals surface area contributed by atoms with Crippen LogP contribution >= 0.6 is 0 Å². The molecule has 0 saturated heterocycles. The van der Waals surface area contributed by atoms with Crippen molar-refractivity contribution in [3.05, 3.63) is 0 Å². The van der Waals surface area contributed by atoms with Crippen LogP contribution in [0.3, 0.4) is 0 Å². The first-order valence-electron chi connectivity index (χ1n) is 6.01. The van der Waals surface area contributed by atoms with Crippen LogP contribution in [0.2, 0.25) is 0 Å². The molecule has 0 heterocycles. The number of rotatable bonds is 10. The molecule has 0 N–H and O–H groups in total. The van der Waals surface area contributed by atoms with Crippen LogP contribution in [0.1, 0.15) is 52.4 Å². The van der Waals surface area contributed by atoms with Gasteiger partial charge in [-0.3, -0.25) is 0 Å². The van der Waals surface area contributed by atoms with E-state index in [0.717, 1.165) is 25.7 Å². The van der Waals surface area contributed by atoms with Gasteiger partial charge in [0.05, 0.1) is 0 Å². The van der Waals surface area contributed by atoms with Crippen LogP contribution in [0.25, 0.3) is 0 Å². The summed E-state index contributed by atoms with van der Waals surface area (Å²) < 4.78 is 0. The lowest BCUT2D eigenvalue weighted by molar-refractivity contribution is -0.108. The first-order valence-corrected chi connectivity index (χ1v) is 6.01. The Bertz CT molecular complexity index is 117. The van der Waals surface area contributed by atoms with Gasteiger partial charge in [0.15, 0.2) is 0 Å². The summed E-state index contributed by atoms with van der Waals surface area (Å²) in [4.78, 5) is 12.7. The Balaban J connectivity index is 3.54. The number of nitrogens with zero attached hydrogens (tertiary/aromatic N) is 1. The van der Waals surface area contributed by atoms with Gasteiger partial charge in [-0.15, -0.1) is 0 Å². The van der Waals surface area contributed by atoms with E-state index in [1.54, 1.807) is 0 Å². The van der Waals surface area contributed by atoms with Crippen molar-refractivity contribution in [2.24, 2.45) is 0 Å². The Morgan fingerprint density at radius 3 is 1.86 bits per heavy atom. The zero-order valence-electron chi connectivity index (χ0n) is 9.80. The summed E-state index contributed by atoms with van der Waals surface area (Å²) in [6.07, 6.45) is 7.85. The van der Waals surface area contributed by atoms with Gasteiger partial charge in [0, 0.05) is 6.42 Å². The molecule has 84 valence electrons. The summed E-state index contributed by atoms with van der Waals surface area (Å²) in [6.45, 7) is 7.95. The summed E-state index contributed by atoms with van der Waals surface area (Å²) >= 11 is 0. The second-order valence-electron chi connectivity index (χ2n) is 3.86. The van der Waals surface area contributed by atoms with Crippen molar-refractivity contribution < 1.29 is 4.79 Å². The molecule has 0 radical (unpaired) electrons. The van der Waals surface area contributed by atoms with E-state index in [9.17, 15) is 4.79 Å². The number of carbonyl (C=O) groups excluding carboxylic acids is 1. The predicted molar refractivity (Wildman–Crippen MR) is 61.6 cm³/mol. The Kier molecular flexibility index (Phi) is 10.4. The largest absolute Gasteiger partial charge is 0.303 e. The highest BCUT2D eigenvalue weighted by molar-refractivity contribution is 5.48. The minimum absolute atomic E-state index is 0.717. The van der Waals surface area contributed by atoms with Gasteiger partial charge in [-0.2, -0.15) is 0 Å². The van der Waals surface area contributed by atoms with E-state index in [2.05, 4.69) is 18.7 Å². The van der Waals surface area contributed by atoms with Gasteiger partial charge in [0.1, 0.15) is 6.29 Å². The van der Waals surface area contributed by atoms with Crippen LogP contribution in [-0.2, 0) is 4.79 Å². The predicted octanol–water partition coefficient (Wildman–Crippen LogP) is 2.87. The molecule has 0 fully saturated rings. The molecule has 0 aromatic carbocycles. The molecule has 0 aromatic rings. The van der Waals surface area contributed by atoms with Crippen molar-refractivity contribution >= 4 is 6.29 Å². The molecule has 0 amide bonds. The van der Waals surface area contributed by atoms with Crippen molar-refractivity contribution in [2.45, 2.75) is 52.4 Å². The van der Waals surface area contributed by atoms with Crippen LogP contribution < -0.4 is 0 Å². The molecule has 0 bridgehead atoms. The SMILES string of the molecule is CCCCN(CCCC)CCCC=O. The van der Waals surface area contributed by atoms with Crippen LogP contribution in [0.15, 0.2) is 0 Å². The summed E-state index contributed by atoms with van der Waals surface area (Å²) in [5, 5.41) is 0. The second-order valence-corrected chi connectivity index (χ2v) is 3.86. The fourth-order valence-corrected chi connectivity index (χ4v) is 1.50. The fraction of sp³-hybridized carbons (Fsp3) is 0.917. The normalized spacial score (nSPS) is 10.8. The molecule has 0 spiro atoms. The number of carbonyl (C=O) groups is 1. The third-order valence-corrected chi connectivity index (χ3v) is 2.45. The maximum Gasteiger partial charge on any atom is 0.120 e. The summed E-state index contributed by atoms with van der Waals surface area (Å²) in [5.41, 5.74) is 0. The van der Waals surface area contributed by atoms with Gasteiger partial charge in [0.25, 0.3) is 0 Å². The van der Waals surface area contributed by atoms with Crippen LogP contribution in [-0.4, -0.2) is 30.8 Å². The number of hydrogen-bond acceptors (Lipinski definition) is 2. The van der Waals surface area contributed by atoms with E-state index in [1.807, 2.05) is 0 Å². The van der Waals surface area contributed by atoms with Crippen LogP contribution in [0.4, 0.5) is 0 Å². The number of aldehydes is 1. The van der Waals surface area contributed by atoms with Gasteiger partial charge in [-0.25, -0.2) is 0 Å². The number of hydrogen-bond donors (Lipinski definition) is 0. The third kappa shape index (κ3) is 8.24. The lowest BCUT2D eigenvalue weighted by Gasteiger charge is -2.21. The topological polar surface area (TPSA) is 20.3 Å². The van der Waals surface area contributed by atoms with E-state index < -0.39 is 0 Å². The van der Waals surface area contributed by atoms with E-state index in [0.29, 0.717) is 0 Å². The standard InChI is InChI=1S/C12H25NO/c1-3-5-9-13(10-6-4-2)11-7-8-12-14/h12H,3-11H2,1-2H3. The zero-order valence-corrected chi connectivity index (χ0v) is 9.80. The van der Waals surface area contributed by atoms with E-state index in [1.165, 1.54) is 38.8 Å². The molecule has 0 atom stereocenters. The fourth-order valence-electron chi connectivity index (χ4n) is 1.50.